The van der Waals surface area contributed by atoms with Crippen molar-refractivity contribution in [2.45, 2.75) is 57.0 Å². The largest absolute Gasteiger partial charge is 0.493 e. The van der Waals surface area contributed by atoms with Crippen molar-refractivity contribution in [2.24, 2.45) is 5.92 Å². The Labute approximate surface area is 115 Å². The number of ether oxygens (including phenoxy) is 1. The second-order valence-corrected chi connectivity index (χ2v) is 6.57. The Hall–Kier alpha value is -1.02. The predicted octanol–water partition coefficient (Wildman–Crippen LogP) is 3.88. The van der Waals surface area contributed by atoms with E-state index in [1.54, 1.807) is 0 Å². The minimum absolute atomic E-state index is 0.444. The number of fused-ring (bicyclic) bond motifs is 1. The van der Waals surface area contributed by atoms with Gasteiger partial charge in [-0.3, -0.25) is 0 Å². The first kappa shape index (κ1) is 13.0. The van der Waals surface area contributed by atoms with Crippen molar-refractivity contribution >= 4 is 0 Å². The summed E-state index contributed by atoms with van der Waals surface area (Å²) in [6.45, 7) is 2.80. The zero-order valence-electron chi connectivity index (χ0n) is 11.8. The molecule has 2 nitrogen and oxygen atoms in total. The summed E-state index contributed by atoms with van der Waals surface area (Å²) >= 11 is 0. The molecule has 0 aromatic heterocycles. The van der Waals surface area contributed by atoms with E-state index in [0.29, 0.717) is 5.92 Å². The third-order valence-corrected chi connectivity index (χ3v) is 4.72. The molecule has 0 saturated heterocycles. The molecule has 2 atom stereocenters. The van der Waals surface area contributed by atoms with Crippen LogP contribution in [0.4, 0.5) is 0 Å². The van der Waals surface area contributed by atoms with E-state index in [0.717, 1.165) is 37.5 Å². The molecule has 0 bridgehead atoms. The van der Waals surface area contributed by atoms with Crippen molar-refractivity contribution in [3.8, 4) is 5.75 Å². The number of hydrogen-bond acceptors (Lipinski definition) is 2. The Morgan fingerprint density at radius 3 is 2.74 bits per heavy atom. The van der Waals surface area contributed by atoms with Gasteiger partial charge in [-0.05, 0) is 49.7 Å². The van der Waals surface area contributed by atoms with Crippen LogP contribution in [0.2, 0.25) is 0 Å². The Morgan fingerprint density at radius 1 is 1.21 bits per heavy atom. The zero-order chi connectivity index (χ0) is 13.3. The highest BCUT2D eigenvalue weighted by atomic mass is 16.5. The number of benzene rings is 1. The van der Waals surface area contributed by atoms with Gasteiger partial charge in [0.2, 0.25) is 0 Å². The van der Waals surface area contributed by atoms with Gasteiger partial charge in [-0.25, -0.2) is 0 Å². The molecule has 0 radical (unpaired) electrons. The highest BCUT2D eigenvalue weighted by Crippen LogP contribution is 2.42. The van der Waals surface area contributed by atoms with Crippen LogP contribution < -0.4 is 4.74 Å². The first-order valence-electron chi connectivity index (χ1n) is 7.58. The van der Waals surface area contributed by atoms with E-state index in [4.69, 9.17) is 4.74 Å². The summed E-state index contributed by atoms with van der Waals surface area (Å²) in [5.74, 6) is 2.21. The minimum Gasteiger partial charge on any atom is -0.493 e. The molecular formula is C17H24O2. The summed E-state index contributed by atoms with van der Waals surface area (Å²) < 4.78 is 5.70. The smallest absolute Gasteiger partial charge is 0.122 e. The van der Waals surface area contributed by atoms with Crippen LogP contribution in [0.25, 0.3) is 0 Å². The third kappa shape index (κ3) is 2.94. The quantitative estimate of drug-likeness (QED) is 0.890. The summed E-state index contributed by atoms with van der Waals surface area (Å²) in [5.41, 5.74) is 0.753. The van der Waals surface area contributed by atoms with Gasteiger partial charge in [-0.2, -0.15) is 0 Å². The molecule has 1 aromatic carbocycles. The van der Waals surface area contributed by atoms with Crippen molar-refractivity contribution in [2.75, 3.05) is 6.61 Å². The summed E-state index contributed by atoms with van der Waals surface area (Å²) in [4.78, 5) is 0. The summed E-state index contributed by atoms with van der Waals surface area (Å²) in [7, 11) is 0. The molecule has 1 N–H and O–H groups in total. The number of rotatable bonds is 4. The Kier molecular flexibility index (Phi) is 3.53. The van der Waals surface area contributed by atoms with Gasteiger partial charge in [0.05, 0.1) is 12.2 Å². The molecule has 1 aliphatic heterocycles. The van der Waals surface area contributed by atoms with Crippen LogP contribution in [0.1, 0.15) is 56.9 Å². The van der Waals surface area contributed by atoms with E-state index in [-0.39, 0.29) is 0 Å². The maximum Gasteiger partial charge on any atom is 0.122 e. The lowest BCUT2D eigenvalue weighted by molar-refractivity contribution is 0.00333. The van der Waals surface area contributed by atoms with Gasteiger partial charge >= 0.3 is 0 Å². The fourth-order valence-corrected chi connectivity index (χ4v) is 3.56. The molecule has 1 aliphatic carbocycles. The van der Waals surface area contributed by atoms with Crippen molar-refractivity contribution in [3.05, 3.63) is 29.8 Å². The van der Waals surface area contributed by atoms with Crippen molar-refractivity contribution in [1.82, 2.24) is 0 Å². The fourth-order valence-electron chi connectivity index (χ4n) is 3.56. The van der Waals surface area contributed by atoms with E-state index in [2.05, 4.69) is 12.1 Å². The topological polar surface area (TPSA) is 29.5 Å². The minimum atomic E-state index is -0.528. The normalized spacial score (nSPS) is 25.9. The maximum absolute atomic E-state index is 10.7. The summed E-state index contributed by atoms with van der Waals surface area (Å²) in [5, 5.41) is 10.7. The van der Waals surface area contributed by atoms with Gasteiger partial charge in [-0.1, -0.05) is 37.5 Å². The molecule has 2 unspecified atom stereocenters. The monoisotopic (exact) mass is 260 g/mol. The van der Waals surface area contributed by atoms with Gasteiger partial charge in [0.1, 0.15) is 5.75 Å². The standard InChI is InChI=1S/C17H24O2/c1-17(18,11-13-5-4-6-13)12-14-9-10-19-16-8-3-2-7-15(14)16/h2-3,7-8,13-14,18H,4-6,9-12H2,1H3. The van der Waals surface area contributed by atoms with Crippen LogP contribution in [-0.4, -0.2) is 17.3 Å². The van der Waals surface area contributed by atoms with Crippen molar-refractivity contribution in [3.63, 3.8) is 0 Å². The molecule has 19 heavy (non-hydrogen) atoms. The average molecular weight is 260 g/mol. The van der Waals surface area contributed by atoms with Crippen LogP contribution in [0.5, 0.6) is 5.75 Å². The molecule has 2 aliphatic rings. The molecule has 1 fully saturated rings. The molecule has 104 valence electrons. The van der Waals surface area contributed by atoms with Gasteiger partial charge in [0.15, 0.2) is 0 Å². The number of hydrogen-bond donors (Lipinski definition) is 1. The Morgan fingerprint density at radius 2 is 2.00 bits per heavy atom. The van der Waals surface area contributed by atoms with E-state index >= 15 is 0 Å². The lowest BCUT2D eigenvalue weighted by atomic mass is 9.74. The third-order valence-electron chi connectivity index (χ3n) is 4.72. The van der Waals surface area contributed by atoms with Gasteiger partial charge in [0, 0.05) is 0 Å². The van der Waals surface area contributed by atoms with Crippen molar-refractivity contribution < 1.29 is 9.84 Å². The molecule has 1 heterocycles. The van der Waals surface area contributed by atoms with Gasteiger partial charge < -0.3 is 9.84 Å². The number of aliphatic hydroxyl groups is 1. The first-order valence-corrected chi connectivity index (χ1v) is 7.58. The highest BCUT2D eigenvalue weighted by Gasteiger charge is 2.33. The van der Waals surface area contributed by atoms with Gasteiger partial charge in [-0.15, -0.1) is 0 Å². The van der Waals surface area contributed by atoms with E-state index < -0.39 is 5.60 Å². The maximum atomic E-state index is 10.7. The molecule has 1 aromatic rings. The van der Waals surface area contributed by atoms with Crippen LogP contribution in [0.15, 0.2) is 24.3 Å². The second-order valence-electron chi connectivity index (χ2n) is 6.57. The molecule has 0 amide bonds. The summed E-state index contributed by atoms with van der Waals surface area (Å²) in [6, 6.07) is 8.29. The second kappa shape index (κ2) is 5.16. The zero-order valence-corrected chi connectivity index (χ0v) is 11.8. The first-order chi connectivity index (χ1) is 9.14. The molecule has 3 rings (SSSR count). The van der Waals surface area contributed by atoms with Crippen LogP contribution in [0, 0.1) is 5.92 Å². The van der Waals surface area contributed by atoms with Crippen LogP contribution in [-0.2, 0) is 0 Å². The molecule has 2 heteroatoms. The van der Waals surface area contributed by atoms with Crippen LogP contribution >= 0.6 is 0 Å². The molecule has 0 spiro atoms. The lowest BCUT2D eigenvalue weighted by Gasteiger charge is -2.37. The Balaban J connectivity index is 1.69. The van der Waals surface area contributed by atoms with Crippen molar-refractivity contribution in [1.29, 1.82) is 0 Å². The SMILES string of the molecule is CC(O)(CC1CCC1)CC1CCOc2ccccc21. The lowest BCUT2D eigenvalue weighted by Crippen LogP contribution is -2.33. The van der Waals surface area contributed by atoms with E-state index in [9.17, 15) is 5.11 Å². The van der Waals surface area contributed by atoms with Gasteiger partial charge in [0.25, 0.3) is 0 Å². The molecule has 1 saturated carbocycles. The Bertz CT molecular complexity index is 435. The average Bonchev–Trinajstić information content (AvgIpc) is 2.34. The molecular weight excluding hydrogens is 236 g/mol. The van der Waals surface area contributed by atoms with Crippen LogP contribution in [0.3, 0.4) is 0 Å². The van der Waals surface area contributed by atoms with E-state index in [1.807, 2.05) is 19.1 Å². The summed E-state index contributed by atoms with van der Waals surface area (Å²) in [6.07, 6.45) is 6.82. The predicted molar refractivity (Wildman–Crippen MR) is 76.5 cm³/mol. The fraction of sp³-hybridized carbons (Fsp3) is 0.647. The number of para-hydroxylation sites is 1. The highest BCUT2D eigenvalue weighted by molar-refractivity contribution is 5.37. The van der Waals surface area contributed by atoms with E-state index in [1.165, 1.54) is 24.8 Å².